The van der Waals surface area contributed by atoms with E-state index in [1.165, 1.54) is 28.4 Å². The Morgan fingerprint density at radius 3 is 2.37 bits per heavy atom. The van der Waals surface area contributed by atoms with Crippen molar-refractivity contribution in [2.24, 2.45) is 13.0 Å². The Labute approximate surface area is 158 Å². The maximum absolute atomic E-state index is 13.2. The molecule has 1 aliphatic rings. The normalized spacial score (nSPS) is 16.2. The molecular weight excluding hydrogens is 342 g/mol. The Kier molecular flexibility index (Phi) is 4.28. The fraction of sp³-hybridized carbons (Fsp3) is 0.650. The minimum absolute atomic E-state index is 0.214. The standard InChI is InChI=1S/C20H29N5O2/c1-12(2)11-23-18(26)16-17(22(5)20(23)27)21-19-24(13(3)14(4)25(16)19)15-9-7-6-8-10-15/h12,15H,6-11H2,1-5H3. The minimum atomic E-state index is -0.291. The van der Waals surface area contributed by atoms with Gasteiger partial charge in [0.25, 0.3) is 5.56 Å². The fourth-order valence-corrected chi connectivity index (χ4v) is 4.58. The van der Waals surface area contributed by atoms with Gasteiger partial charge in [-0.1, -0.05) is 33.1 Å². The summed E-state index contributed by atoms with van der Waals surface area (Å²) in [7, 11) is 1.71. The Bertz CT molecular complexity index is 1140. The van der Waals surface area contributed by atoms with E-state index in [0.717, 1.165) is 30.0 Å². The highest BCUT2D eigenvalue weighted by Crippen LogP contribution is 2.33. The van der Waals surface area contributed by atoms with Crippen LogP contribution in [0.25, 0.3) is 16.9 Å². The lowest BCUT2D eigenvalue weighted by atomic mass is 9.95. The van der Waals surface area contributed by atoms with Crippen LogP contribution >= 0.6 is 0 Å². The summed E-state index contributed by atoms with van der Waals surface area (Å²) >= 11 is 0. The van der Waals surface area contributed by atoms with E-state index >= 15 is 0 Å². The average molecular weight is 371 g/mol. The van der Waals surface area contributed by atoms with E-state index in [-0.39, 0.29) is 17.2 Å². The van der Waals surface area contributed by atoms with Crippen LogP contribution < -0.4 is 11.2 Å². The van der Waals surface area contributed by atoms with Crippen molar-refractivity contribution in [3.63, 3.8) is 0 Å². The molecule has 7 nitrogen and oxygen atoms in total. The molecule has 3 heterocycles. The zero-order valence-electron chi connectivity index (χ0n) is 16.9. The van der Waals surface area contributed by atoms with Gasteiger partial charge in [-0.2, -0.15) is 4.98 Å². The highest BCUT2D eigenvalue weighted by molar-refractivity contribution is 5.76. The van der Waals surface area contributed by atoms with Crippen LogP contribution in [-0.2, 0) is 13.6 Å². The van der Waals surface area contributed by atoms with Crippen molar-refractivity contribution >= 4 is 16.9 Å². The summed E-state index contributed by atoms with van der Waals surface area (Å²) < 4.78 is 7.14. The Balaban J connectivity index is 2.09. The van der Waals surface area contributed by atoms with Gasteiger partial charge in [0, 0.05) is 31.0 Å². The number of nitrogens with zero attached hydrogens (tertiary/aromatic N) is 5. The first-order valence-corrected chi connectivity index (χ1v) is 10.0. The van der Waals surface area contributed by atoms with Crippen molar-refractivity contribution in [1.82, 2.24) is 23.1 Å². The second-order valence-electron chi connectivity index (χ2n) is 8.40. The number of rotatable bonds is 3. The van der Waals surface area contributed by atoms with Crippen LogP contribution in [0.4, 0.5) is 0 Å². The smallest absolute Gasteiger partial charge is 0.311 e. The van der Waals surface area contributed by atoms with Gasteiger partial charge in [-0.15, -0.1) is 0 Å². The van der Waals surface area contributed by atoms with Gasteiger partial charge in [-0.05, 0) is 32.6 Å². The van der Waals surface area contributed by atoms with Crippen molar-refractivity contribution in [3.05, 3.63) is 32.2 Å². The molecule has 0 atom stereocenters. The lowest BCUT2D eigenvalue weighted by Crippen LogP contribution is -2.40. The van der Waals surface area contributed by atoms with Crippen LogP contribution in [0.3, 0.4) is 0 Å². The molecule has 0 amide bonds. The molecule has 1 fully saturated rings. The molecule has 1 saturated carbocycles. The Hall–Kier alpha value is -2.31. The van der Waals surface area contributed by atoms with Gasteiger partial charge < -0.3 is 4.57 Å². The predicted octanol–water partition coefficient (Wildman–Crippen LogP) is 2.93. The van der Waals surface area contributed by atoms with Crippen LogP contribution in [0.5, 0.6) is 0 Å². The third kappa shape index (κ3) is 2.58. The molecule has 3 aromatic rings. The zero-order chi connectivity index (χ0) is 19.5. The Morgan fingerprint density at radius 2 is 1.74 bits per heavy atom. The average Bonchev–Trinajstić information content (AvgIpc) is 3.14. The summed E-state index contributed by atoms with van der Waals surface area (Å²) in [5.74, 6) is 1.01. The largest absolute Gasteiger partial charge is 0.332 e. The molecule has 0 radical (unpaired) electrons. The number of hydrogen-bond donors (Lipinski definition) is 0. The third-order valence-corrected chi connectivity index (χ3v) is 6.05. The van der Waals surface area contributed by atoms with Gasteiger partial charge in [-0.3, -0.25) is 18.3 Å². The lowest BCUT2D eigenvalue weighted by molar-refractivity contribution is 0.355. The molecule has 0 saturated heterocycles. The van der Waals surface area contributed by atoms with Crippen LogP contribution in [0.15, 0.2) is 9.59 Å². The van der Waals surface area contributed by atoms with E-state index in [2.05, 4.69) is 11.5 Å². The van der Waals surface area contributed by atoms with Crippen LogP contribution in [0.2, 0.25) is 0 Å². The maximum Gasteiger partial charge on any atom is 0.332 e. The van der Waals surface area contributed by atoms with E-state index in [0.29, 0.717) is 23.8 Å². The predicted molar refractivity (Wildman–Crippen MR) is 107 cm³/mol. The van der Waals surface area contributed by atoms with E-state index in [9.17, 15) is 9.59 Å². The summed E-state index contributed by atoms with van der Waals surface area (Å²) in [6, 6.07) is 0.418. The molecule has 3 aromatic heterocycles. The molecule has 0 bridgehead atoms. The molecule has 0 aliphatic heterocycles. The lowest BCUT2D eigenvalue weighted by Gasteiger charge is -2.24. The quantitative estimate of drug-likeness (QED) is 0.711. The molecule has 4 rings (SSSR count). The summed E-state index contributed by atoms with van der Waals surface area (Å²) in [6.07, 6.45) is 6.03. The second kappa shape index (κ2) is 6.39. The van der Waals surface area contributed by atoms with Gasteiger partial charge in [0.2, 0.25) is 5.78 Å². The topological polar surface area (TPSA) is 66.2 Å². The van der Waals surface area contributed by atoms with Crippen molar-refractivity contribution in [2.45, 2.75) is 72.4 Å². The first-order valence-electron chi connectivity index (χ1n) is 10.0. The van der Waals surface area contributed by atoms with Gasteiger partial charge in [0.1, 0.15) is 0 Å². The van der Waals surface area contributed by atoms with Crippen molar-refractivity contribution in [3.8, 4) is 0 Å². The number of aryl methyl sites for hydroxylation is 2. The van der Waals surface area contributed by atoms with Gasteiger partial charge in [0.15, 0.2) is 11.2 Å². The van der Waals surface area contributed by atoms with Crippen molar-refractivity contribution in [1.29, 1.82) is 0 Å². The summed E-state index contributed by atoms with van der Waals surface area (Å²) in [5.41, 5.74) is 2.66. The first kappa shape index (κ1) is 18.1. The van der Waals surface area contributed by atoms with Crippen LogP contribution in [0.1, 0.15) is 63.4 Å². The number of fused-ring (bicyclic) bond motifs is 3. The first-order chi connectivity index (χ1) is 12.8. The molecule has 146 valence electrons. The molecule has 1 aliphatic carbocycles. The summed E-state index contributed by atoms with van der Waals surface area (Å²) in [4.78, 5) is 30.8. The van der Waals surface area contributed by atoms with Crippen LogP contribution in [-0.4, -0.2) is 23.1 Å². The van der Waals surface area contributed by atoms with Crippen molar-refractivity contribution in [2.75, 3.05) is 0 Å². The molecule has 0 N–H and O–H groups in total. The van der Waals surface area contributed by atoms with Gasteiger partial charge in [-0.25, -0.2) is 4.79 Å². The summed E-state index contributed by atoms with van der Waals surface area (Å²) in [6.45, 7) is 8.59. The highest BCUT2D eigenvalue weighted by atomic mass is 16.2. The van der Waals surface area contributed by atoms with Crippen LogP contribution in [0, 0.1) is 19.8 Å². The third-order valence-electron chi connectivity index (χ3n) is 6.05. The van der Waals surface area contributed by atoms with Gasteiger partial charge >= 0.3 is 5.69 Å². The van der Waals surface area contributed by atoms with E-state index in [1.807, 2.05) is 25.2 Å². The molecular formula is C20H29N5O2. The Morgan fingerprint density at radius 1 is 1.07 bits per heavy atom. The van der Waals surface area contributed by atoms with E-state index < -0.39 is 0 Å². The SMILES string of the molecule is Cc1c(C)n2c3c(=O)n(CC(C)C)c(=O)n(C)c3nc2n1C1CCCCC1. The second-order valence-corrected chi connectivity index (χ2v) is 8.40. The fourth-order valence-electron chi connectivity index (χ4n) is 4.58. The molecule has 0 unspecified atom stereocenters. The monoisotopic (exact) mass is 371 g/mol. The number of imidazole rings is 2. The van der Waals surface area contributed by atoms with Gasteiger partial charge in [0.05, 0.1) is 0 Å². The molecule has 7 heteroatoms. The maximum atomic E-state index is 13.2. The summed E-state index contributed by atoms with van der Waals surface area (Å²) in [5, 5.41) is 0. The number of hydrogen-bond acceptors (Lipinski definition) is 3. The highest BCUT2D eigenvalue weighted by Gasteiger charge is 2.26. The number of aromatic nitrogens is 5. The van der Waals surface area contributed by atoms with E-state index in [1.54, 1.807) is 7.05 Å². The molecule has 0 spiro atoms. The van der Waals surface area contributed by atoms with Crippen molar-refractivity contribution < 1.29 is 0 Å². The molecule has 27 heavy (non-hydrogen) atoms. The minimum Gasteiger partial charge on any atom is -0.311 e. The van der Waals surface area contributed by atoms with E-state index in [4.69, 9.17) is 4.98 Å². The zero-order valence-corrected chi connectivity index (χ0v) is 16.9. The molecule has 0 aromatic carbocycles.